The number of halogens is 1. The molecule has 0 saturated heterocycles. The van der Waals surface area contributed by atoms with Crippen LogP contribution in [0.1, 0.15) is 0 Å². The number of nitrogens with one attached hydrogen (secondary N) is 3. The third-order valence-electron chi connectivity index (χ3n) is 5.73. The zero-order valence-electron chi connectivity index (χ0n) is 17.1. The smallest absolute Gasteiger partial charge is 0.127 e. The molecule has 0 amide bonds. The maximum atomic E-state index is 14.1. The summed E-state index contributed by atoms with van der Waals surface area (Å²) in [6.45, 7) is 0. The molecule has 3 heterocycles. The largest absolute Gasteiger partial charge is 0.497 e. The van der Waals surface area contributed by atoms with Gasteiger partial charge < -0.3 is 9.72 Å². The molecule has 6 rings (SSSR count). The molecule has 3 aromatic carbocycles. The normalized spacial score (nSPS) is 11.4. The van der Waals surface area contributed by atoms with Gasteiger partial charge in [0.25, 0.3) is 0 Å². The number of aromatic nitrogens is 5. The first-order valence-electron chi connectivity index (χ1n) is 10.1. The predicted molar refractivity (Wildman–Crippen MR) is 123 cm³/mol. The van der Waals surface area contributed by atoms with Crippen LogP contribution in [-0.4, -0.2) is 32.5 Å². The Morgan fingerprint density at radius 3 is 2.66 bits per heavy atom. The summed E-state index contributed by atoms with van der Waals surface area (Å²) in [6, 6.07) is 18.9. The van der Waals surface area contributed by atoms with Crippen molar-refractivity contribution in [1.29, 1.82) is 0 Å². The lowest BCUT2D eigenvalue weighted by molar-refractivity contribution is 0.411. The minimum atomic E-state index is -0.336. The molecule has 32 heavy (non-hydrogen) atoms. The molecule has 0 saturated carbocycles. The Balaban J connectivity index is 1.51. The number of benzene rings is 3. The Morgan fingerprint density at radius 1 is 0.875 bits per heavy atom. The van der Waals surface area contributed by atoms with E-state index in [1.165, 1.54) is 19.2 Å². The van der Waals surface area contributed by atoms with Gasteiger partial charge in [0.1, 0.15) is 17.3 Å². The van der Waals surface area contributed by atoms with E-state index in [0.29, 0.717) is 5.75 Å². The fraction of sp³-hybridized carbons (Fsp3) is 0.0400. The quantitative estimate of drug-likeness (QED) is 0.329. The Labute approximate surface area is 182 Å². The molecule has 0 spiro atoms. The van der Waals surface area contributed by atoms with Crippen LogP contribution in [0.15, 0.2) is 73.1 Å². The molecule has 0 aliphatic heterocycles. The van der Waals surface area contributed by atoms with E-state index in [2.05, 4.69) is 37.5 Å². The fourth-order valence-electron chi connectivity index (χ4n) is 4.18. The van der Waals surface area contributed by atoms with E-state index in [1.807, 2.05) is 42.6 Å². The topological polar surface area (TPSA) is 82.4 Å². The van der Waals surface area contributed by atoms with Crippen molar-refractivity contribution in [2.24, 2.45) is 0 Å². The summed E-state index contributed by atoms with van der Waals surface area (Å²) in [4.78, 5) is 3.47. The van der Waals surface area contributed by atoms with Crippen LogP contribution in [0.4, 0.5) is 4.39 Å². The van der Waals surface area contributed by atoms with Gasteiger partial charge in [-0.2, -0.15) is 10.2 Å². The predicted octanol–water partition coefficient (Wildman–Crippen LogP) is 5.92. The molecular formula is C25H18FN5O. The van der Waals surface area contributed by atoms with Gasteiger partial charge in [0.05, 0.1) is 24.5 Å². The van der Waals surface area contributed by atoms with Crippen LogP contribution < -0.4 is 4.74 Å². The number of H-pyrrole nitrogens is 3. The summed E-state index contributed by atoms with van der Waals surface area (Å²) in [6.07, 6.45) is 3.66. The molecular weight excluding hydrogens is 405 g/mol. The Morgan fingerprint density at radius 2 is 1.81 bits per heavy atom. The summed E-state index contributed by atoms with van der Waals surface area (Å²) in [5.74, 6) is 0.148. The van der Waals surface area contributed by atoms with E-state index in [-0.39, 0.29) is 5.82 Å². The van der Waals surface area contributed by atoms with Crippen molar-refractivity contribution in [3.63, 3.8) is 0 Å². The van der Waals surface area contributed by atoms with Crippen LogP contribution in [-0.2, 0) is 0 Å². The van der Waals surface area contributed by atoms with Gasteiger partial charge >= 0.3 is 0 Å². The molecule has 0 radical (unpaired) electrons. The van der Waals surface area contributed by atoms with E-state index in [4.69, 9.17) is 4.74 Å². The van der Waals surface area contributed by atoms with Gasteiger partial charge in [-0.05, 0) is 53.1 Å². The third kappa shape index (κ3) is 2.94. The molecule has 0 bridgehead atoms. The summed E-state index contributed by atoms with van der Waals surface area (Å²) in [5, 5.41) is 16.6. The maximum Gasteiger partial charge on any atom is 0.127 e. The SMILES string of the molecule is COc1cc(F)cc(-c2cccc3[nH]c(-c4n[nH]c5ccc(-c6cn[nH]c6)cc45)cc23)c1. The molecule has 7 heteroatoms. The van der Waals surface area contributed by atoms with Gasteiger partial charge in [0.2, 0.25) is 0 Å². The van der Waals surface area contributed by atoms with Crippen molar-refractivity contribution in [1.82, 2.24) is 25.4 Å². The second kappa shape index (κ2) is 7.09. The van der Waals surface area contributed by atoms with Gasteiger partial charge in [-0.15, -0.1) is 0 Å². The molecule has 0 unspecified atom stereocenters. The number of hydrogen-bond donors (Lipinski definition) is 3. The lowest BCUT2D eigenvalue weighted by Gasteiger charge is -2.07. The summed E-state index contributed by atoms with van der Waals surface area (Å²) in [7, 11) is 1.54. The van der Waals surface area contributed by atoms with Gasteiger partial charge in [-0.1, -0.05) is 18.2 Å². The molecule has 3 N–H and O–H groups in total. The van der Waals surface area contributed by atoms with Crippen molar-refractivity contribution >= 4 is 21.8 Å². The van der Waals surface area contributed by atoms with Gasteiger partial charge in [0.15, 0.2) is 0 Å². The van der Waals surface area contributed by atoms with E-state index < -0.39 is 0 Å². The molecule has 0 fully saturated rings. The maximum absolute atomic E-state index is 14.1. The molecule has 156 valence electrons. The highest BCUT2D eigenvalue weighted by atomic mass is 19.1. The van der Waals surface area contributed by atoms with Gasteiger partial charge in [-0.3, -0.25) is 10.2 Å². The number of aromatic amines is 3. The highest BCUT2D eigenvalue weighted by Gasteiger charge is 2.15. The standard InChI is InChI=1S/C25H18FN5O/c1-32-18-8-15(7-17(26)10-18)19-3-2-4-22-20(19)11-24(29-22)25-21-9-14(16-12-27-28-13-16)5-6-23(21)30-31-25/h2-13,29H,1H3,(H,27,28)(H,30,31). The van der Waals surface area contributed by atoms with Crippen molar-refractivity contribution < 1.29 is 9.13 Å². The lowest BCUT2D eigenvalue weighted by Crippen LogP contribution is -1.87. The molecule has 3 aromatic heterocycles. The summed E-state index contributed by atoms with van der Waals surface area (Å²) >= 11 is 0. The second-order valence-corrected chi connectivity index (χ2v) is 7.65. The van der Waals surface area contributed by atoms with Gasteiger partial charge in [0, 0.05) is 34.1 Å². The number of rotatable bonds is 4. The van der Waals surface area contributed by atoms with Crippen molar-refractivity contribution in [2.75, 3.05) is 7.11 Å². The van der Waals surface area contributed by atoms with E-state index in [9.17, 15) is 4.39 Å². The number of fused-ring (bicyclic) bond motifs is 2. The van der Waals surface area contributed by atoms with E-state index >= 15 is 0 Å². The molecule has 6 nitrogen and oxygen atoms in total. The number of hydrogen-bond acceptors (Lipinski definition) is 3. The Hall–Kier alpha value is -4.39. The van der Waals surface area contributed by atoms with Crippen molar-refractivity contribution in [2.45, 2.75) is 0 Å². The first kappa shape index (κ1) is 18.4. The lowest BCUT2D eigenvalue weighted by atomic mass is 10.0. The number of ether oxygens (including phenoxy) is 1. The minimum Gasteiger partial charge on any atom is -0.497 e. The van der Waals surface area contributed by atoms with Gasteiger partial charge in [-0.25, -0.2) is 4.39 Å². The summed E-state index contributed by atoms with van der Waals surface area (Å²) < 4.78 is 19.4. The van der Waals surface area contributed by atoms with Crippen LogP contribution in [0.5, 0.6) is 5.75 Å². The third-order valence-corrected chi connectivity index (χ3v) is 5.73. The second-order valence-electron chi connectivity index (χ2n) is 7.65. The Kier molecular flexibility index (Phi) is 4.07. The highest BCUT2D eigenvalue weighted by molar-refractivity contribution is 6.01. The first-order chi connectivity index (χ1) is 15.7. The highest BCUT2D eigenvalue weighted by Crippen LogP contribution is 2.36. The van der Waals surface area contributed by atoms with E-state index in [1.54, 1.807) is 6.20 Å². The van der Waals surface area contributed by atoms with Crippen LogP contribution in [0, 0.1) is 5.82 Å². The van der Waals surface area contributed by atoms with Crippen LogP contribution in [0.3, 0.4) is 0 Å². The van der Waals surface area contributed by atoms with Crippen molar-refractivity contribution in [3.8, 4) is 39.4 Å². The van der Waals surface area contributed by atoms with E-state index in [0.717, 1.165) is 55.4 Å². The van der Waals surface area contributed by atoms with Crippen LogP contribution >= 0.6 is 0 Å². The first-order valence-corrected chi connectivity index (χ1v) is 10.1. The zero-order chi connectivity index (χ0) is 21.7. The average molecular weight is 423 g/mol. The monoisotopic (exact) mass is 423 g/mol. The zero-order valence-corrected chi connectivity index (χ0v) is 17.1. The average Bonchev–Trinajstić information content (AvgIpc) is 3.56. The number of methoxy groups -OCH3 is 1. The summed E-state index contributed by atoms with van der Waals surface area (Å²) in [5.41, 5.74) is 7.34. The number of nitrogens with zero attached hydrogens (tertiary/aromatic N) is 2. The fourth-order valence-corrected chi connectivity index (χ4v) is 4.18. The minimum absolute atomic E-state index is 0.336. The molecule has 0 aliphatic rings. The molecule has 6 aromatic rings. The van der Waals surface area contributed by atoms with Crippen molar-refractivity contribution in [3.05, 3.63) is 78.9 Å². The Bertz CT molecular complexity index is 1580. The van der Waals surface area contributed by atoms with Crippen LogP contribution in [0.2, 0.25) is 0 Å². The molecule has 0 atom stereocenters. The van der Waals surface area contributed by atoms with Crippen LogP contribution in [0.25, 0.3) is 55.4 Å². The molecule has 0 aliphatic carbocycles.